The maximum atomic E-state index is 13.1. The molecule has 0 aliphatic carbocycles. The van der Waals surface area contributed by atoms with Crippen LogP contribution in [0.15, 0.2) is 12.2 Å². The molecule has 9 heteroatoms. The van der Waals surface area contributed by atoms with Crippen molar-refractivity contribution < 1.29 is 32.9 Å². The Morgan fingerprint density at radius 1 is 0.379 bits per heavy atom. The van der Waals surface area contributed by atoms with Crippen molar-refractivity contribution >= 4 is 13.7 Å². The minimum atomic E-state index is -4.33. The minimum Gasteiger partial charge on any atom is -0.391 e. The fourth-order valence-corrected chi connectivity index (χ4v) is 13.4. The zero-order chi connectivity index (χ0) is 63.4. The lowest BCUT2D eigenvalue weighted by Crippen LogP contribution is -2.46. The second-order valence-electron chi connectivity index (χ2n) is 28.8. The zero-order valence-electron chi connectivity index (χ0n) is 59.8. The van der Waals surface area contributed by atoms with Crippen LogP contribution < -0.4 is 5.32 Å². The van der Waals surface area contributed by atoms with Crippen molar-refractivity contribution in [3.63, 3.8) is 0 Å². The number of unbranched alkanes of at least 4 members (excludes halogenated alkanes) is 60. The van der Waals surface area contributed by atoms with E-state index < -0.39 is 20.0 Å². The number of phosphoric ester groups is 1. The molecule has 3 atom stereocenters. The molecule has 0 rings (SSSR count). The van der Waals surface area contributed by atoms with E-state index >= 15 is 0 Å². The lowest BCUT2D eigenvalue weighted by molar-refractivity contribution is -0.870. The molecule has 0 aromatic heterocycles. The second-order valence-corrected chi connectivity index (χ2v) is 30.3. The van der Waals surface area contributed by atoms with Crippen LogP contribution in [-0.2, 0) is 18.4 Å². The van der Waals surface area contributed by atoms with Gasteiger partial charge in [-0.05, 0) is 38.5 Å². The maximum Gasteiger partial charge on any atom is 0.472 e. The second kappa shape index (κ2) is 69.6. The average molecular weight is 1250 g/mol. The standard InChI is InChI=1S/C78H157N2O6P/c1-6-8-10-12-14-16-18-20-22-24-26-28-30-32-34-36-38-40-42-44-46-48-50-52-54-56-58-60-62-64-66-68-70-72-78(82)79-76(75-86-87(83,84)85-74-73-80(3,4)5)77(81)71-69-67-65-63-61-59-57-55-53-51-49-47-45-43-41-39-37-35-33-31-29-27-25-23-21-19-17-15-13-11-9-7-2/h24,26,76-77,81H,6-23,25,27-75H2,1-5H3,(H-,79,82,83,84)/p+1/b26-24-. The van der Waals surface area contributed by atoms with Gasteiger partial charge in [0.25, 0.3) is 0 Å². The van der Waals surface area contributed by atoms with Gasteiger partial charge in [-0.3, -0.25) is 13.8 Å². The van der Waals surface area contributed by atoms with Gasteiger partial charge in [-0.1, -0.05) is 398 Å². The van der Waals surface area contributed by atoms with Crippen LogP contribution in [0, 0.1) is 0 Å². The number of allylic oxidation sites excluding steroid dienone is 2. The number of likely N-dealkylation sites (N-methyl/N-ethyl adjacent to an activating group) is 1. The molecule has 0 aliphatic heterocycles. The van der Waals surface area contributed by atoms with Gasteiger partial charge >= 0.3 is 7.82 Å². The number of carbonyl (C=O) groups is 1. The third-order valence-electron chi connectivity index (χ3n) is 18.8. The number of amides is 1. The van der Waals surface area contributed by atoms with Crippen molar-refractivity contribution in [2.24, 2.45) is 0 Å². The number of nitrogens with zero attached hydrogens (tertiary/aromatic N) is 1. The number of phosphoric acid groups is 1. The monoisotopic (exact) mass is 1250 g/mol. The summed E-state index contributed by atoms with van der Waals surface area (Å²) in [6, 6.07) is -0.759. The van der Waals surface area contributed by atoms with Gasteiger partial charge in [-0.25, -0.2) is 4.57 Å². The van der Waals surface area contributed by atoms with Crippen molar-refractivity contribution in [1.29, 1.82) is 0 Å². The normalized spacial score (nSPS) is 13.5. The fourth-order valence-electron chi connectivity index (χ4n) is 12.6. The highest BCUT2D eigenvalue weighted by molar-refractivity contribution is 7.47. The first-order valence-electron chi connectivity index (χ1n) is 39.6. The van der Waals surface area contributed by atoms with E-state index in [9.17, 15) is 19.4 Å². The summed E-state index contributed by atoms with van der Waals surface area (Å²) in [7, 11) is 1.64. The molecule has 0 saturated carbocycles. The summed E-state index contributed by atoms with van der Waals surface area (Å²) in [4.78, 5) is 23.5. The molecule has 0 spiro atoms. The number of rotatable bonds is 75. The zero-order valence-corrected chi connectivity index (χ0v) is 60.7. The SMILES string of the molecule is CCCCCCCCCC/C=C\CCCCCCCCCCCCCCCCCCCCCCCC(=O)NC(COP(=O)(O)OCC[N+](C)(C)C)C(O)CCCCCCCCCCCCCCCCCCCCCCCCCCCCCCCCCC. The summed E-state index contributed by atoms with van der Waals surface area (Å²) in [5.41, 5.74) is 0. The maximum absolute atomic E-state index is 13.1. The van der Waals surface area contributed by atoms with Crippen LogP contribution >= 0.6 is 7.82 Å². The summed E-state index contributed by atoms with van der Waals surface area (Å²) >= 11 is 0. The summed E-state index contributed by atoms with van der Waals surface area (Å²) in [6.45, 7) is 4.97. The molecule has 0 bridgehead atoms. The number of aliphatic hydroxyl groups is 1. The molecule has 0 fully saturated rings. The van der Waals surface area contributed by atoms with Crippen LogP contribution in [0.25, 0.3) is 0 Å². The molecular weight excluding hydrogens is 1090 g/mol. The smallest absolute Gasteiger partial charge is 0.391 e. The summed E-state index contributed by atoms with van der Waals surface area (Å²) in [6.07, 6.45) is 90.7. The first kappa shape index (κ1) is 86.2. The van der Waals surface area contributed by atoms with Gasteiger partial charge in [0.2, 0.25) is 5.91 Å². The van der Waals surface area contributed by atoms with Crippen molar-refractivity contribution in [2.45, 2.75) is 443 Å². The molecular formula is C78H158N2O6P+. The number of aliphatic hydroxyl groups excluding tert-OH is 1. The van der Waals surface area contributed by atoms with Crippen LogP contribution in [0.4, 0.5) is 0 Å². The first-order chi connectivity index (χ1) is 42.5. The summed E-state index contributed by atoms with van der Waals surface area (Å²) in [5.74, 6) is -0.133. The highest BCUT2D eigenvalue weighted by atomic mass is 31.2. The van der Waals surface area contributed by atoms with Crippen LogP contribution in [0.5, 0.6) is 0 Å². The summed E-state index contributed by atoms with van der Waals surface area (Å²) in [5, 5.41) is 14.2. The van der Waals surface area contributed by atoms with Crippen molar-refractivity contribution in [1.82, 2.24) is 5.32 Å². The van der Waals surface area contributed by atoms with Gasteiger partial charge in [-0.15, -0.1) is 0 Å². The fraction of sp³-hybridized carbons (Fsp3) is 0.962. The van der Waals surface area contributed by atoms with Crippen LogP contribution in [-0.4, -0.2) is 73.4 Å². The molecule has 87 heavy (non-hydrogen) atoms. The molecule has 0 aromatic carbocycles. The number of hydrogen-bond donors (Lipinski definition) is 3. The number of hydrogen-bond acceptors (Lipinski definition) is 5. The van der Waals surface area contributed by atoms with E-state index in [4.69, 9.17) is 9.05 Å². The lowest BCUT2D eigenvalue weighted by atomic mass is 10.0. The number of carbonyl (C=O) groups excluding carboxylic acids is 1. The molecule has 0 saturated heterocycles. The average Bonchev–Trinajstić information content (AvgIpc) is 3.71. The van der Waals surface area contributed by atoms with Gasteiger partial charge in [0.15, 0.2) is 0 Å². The van der Waals surface area contributed by atoms with Crippen molar-refractivity contribution in [3.8, 4) is 0 Å². The van der Waals surface area contributed by atoms with Crippen molar-refractivity contribution in [2.75, 3.05) is 40.9 Å². The van der Waals surface area contributed by atoms with E-state index in [1.807, 2.05) is 21.1 Å². The van der Waals surface area contributed by atoms with Gasteiger partial charge < -0.3 is 19.8 Å². The van der Waals surface area contributed by atoms with E-state index in [0.29, 0.717) is 23.9 Å². The van der Waals surface area contributed by atoms with E-state index in [-0.39, 0.29) is 19.1 Å². The Morgan fingerprint density at radius 3 is 0.885 bits per heavy atom. The van der Waals surface area contributed by atoms with Crippen LogP contribution in [0.1, 0.15) is 431 Å². The summed E-state index contributed by atoms with van der Waals surface area (Å²) < 4.78 is 24.0. The molecule has 0 radical (unpaired) electrons. The molecule has 1 amide bonds. The van der Waals surface area contributed by atoms with Crippen LogP contribution in [0.3, 0.4) is 0 Å². The highest BCUT2D eigenvalue weighted by Crippen LogP contribution is 2.43. The first-order valence-corrected chi connectivity index (χ1v) is 41.0. The third kappa shape index (κ3) is 72.5. The topological polar surface area (TPSA) is 105 Å². The highest BCUT2D eigenvalue weighted by Gasteiger charge is 2.28. The molecule has 3 unspecified atom stereocenters. The van der Waals surface area contributed by atoms with E-state index in [1.54, 1.807) is 0 Å². The van der Waals surface area contributed by atoms with Gasteiger partial charge in [0.1, 0.15) is 13.2 Å². The Morgan fingerprint density at radius 2 is 0.621 bits per heavy atom. The Balaban J connectivity index is 3.92. The van der Waals surface area contributed by atoms with Gasteiger partial charge in [0, 0.05) is 6.42 Å². The predicted octanol–water partition coefficient (Wildman–Crippen LogP) is 25.6. The molecule has 0 aliphatic rings. The Hall–Kier alpha value is -0.760. The Bertz CT molecular complexity index is 1420. The Labute approximate surface area is 545 Å². The molecule has 0 heterocycles. The Kier molecular flexibility index (Phi) is 69.0. The number of quaternary nitrogens is 1. The van der Waals surface area contributed by atoms with E-state index in [2.05, 4.69) is 31.3 Å². The number of nitrogens with one attached hydrogen (secondary N) is 1. The molecule has 0 aromatic rings. The predicted molar refractivity (Wildman–Crippen MR) is 383 cm³/mol. The molecule has 8 nitrogen and oxygen atoms in total. The van der Waals surface area contributed by atoms with Crippen molar-refractivity contribution in [3.05, 3.63) is 12.2 Å². The van der Waals surface area contributed by atoms with Gasteiger partial charge in [0.05, 0.1) is 39.9 Å². The molecule has 3 N–H and O–H groups in total. The molecule has 520 valence electrons. The van der Waals surface area contributed by atoms with Gasteiger partial charge in [-0.2, -0.15) is 0 Å². The minimum absolute atomic E-state index is 0.0787. The largest absolute Gasteiger partial charge is 0.472 e. The third-order valence-corrected chi connectivity index (χ3v) is 19.7. The van der Waals surface area contributed by atoms with E-state index in [0.717, 1.165) is 38.5 Å². The van der Waals surface area contributed by atoms with E-state index in [1.165, 1.54) is 366 Å². The van der Waals surface area contributed by atoms with Crippen LogP contribution in [0.2, 0.25) is 0 Å². The quantitative estimate of drug-likeness (QED) is 0.0243. The lowest BCUT2D eigenvalue weighted by Gasteiger charge is -2.26.